The fraction of sp³-hybridized carbons (Fsp3) is 0.333. The number of benzene rings is 1. The lowest BCUT2D eigenvalue weighted by Gasteiger charge is -2.18. The summed E-state index contributed by atoms with van der Waals surface area (Å²) in [4.78, 5) is 11.2. The predicted octanol–water partition coefficient (Wildman–Crippen LogP) is 3.27. The van der Waals surface area contributed by atoms with Gasteiger partial charge in [-0.25, -0.2) is 9.48 Å². The van der Waals surface area contributed by atoms with Gasteiger partial charge in [0, 0.05) is 6.07 Å². The number of hydrogen-bond donors (Lipinski definition) is 2. The van der Waals surface area contributed by atoms with Crippen molar-refractivity contribution in [3.8, 4) is 5.69 Å². The van der Waals surface area contributed by atoms with E-state index in [1.165, 1.54) is 0 Å². The number of carbonyl (C=O) groups excluding carboxylic acids is 1. The molecule has 5 nitrogen and oxygen atoms in total. The zero-order valence-corrected chi connectivity index (χ0v) is 13.5. The molecule has 0 saturated heterocycles. The zero-order chi connectivity index (χ0) is 15.6. The standard InChI is InChI=1S/C15H20N4OS/c1-10-6-5-7-11(8-10)19-13(17-14(16)20)9-12(18-19)15(2,3)21-4/h5-9H,1-4H3,(H3,16,17,20). The van der Waals surface area contributed by atoms with Gasteiger partial charge in [-0.05, 0) is 44.7 Å². The molecule has 2 aromatic rings. The van der Waals surface area contributed by atoms with Gasteiger partial charge in [0.15, 0.2) is 0 Å². The average molecular weight is 304 g/mol. The molecule has 6 heteroatoms. The third-order valence-electron chi connectivity index (χ3n) is 3.33. The van der Waals surface area contributed by atoms with Crippen molar-refractivity contribution in [3.63, 3.8) is 0 Å². The molecule has 3 N–H and O–H groups in total. The second-order valence-electron chi connectivity index (χ2n) is 5.37. The van der Waals surface area contributed by atoms with Crippen LogP contribution in [0.2, 0.25) is 0 Å². The number of aryl methyl sites for hydroxylation is 1. The molecule has 0 saturated carbocycles. The maximum Gasteiger partial charge on any atom is 0.317 e. The van der Waals surface area contributed by atoms with Gasteiger partial charge >= 0.3 is 6.03 Å². The summed E-state index contributed by atoms with van der Waals surface area (Å²) in [6, 6.07) is 9.19. The van der Waals surface area contributed by atoms with Crippen LogP contribution in [0, 0.1) is 6.92 Å². The number of nitrogens with two attached hydrogens (primary N) is 1. The first kappa shape index (κ1) is 15.4. The van der Waals surface area contributed by atoms with Gasteiger partial charge in [0.1, 0.15) is 5.82 Å². The number of carbonyl (C=O) groups is 1. The van der Waals surface area contributed by atoms with Crippen LogP contribution in [0.3, 0.4) is 0 Å². The lowest BCUT2D eigenvalue weighted by Crippen LogP contribution is -2.21. The molecule has 0 unspecified atom stereocenters. The molecule has 0 aliphatic carbocycles. The van der Waals surface area contributed by atoms with Crippen molar-refractivity contribution in [2.45, 2.75) is 25.5 Å². The first-order valence-electron chi connectivity index (χ1n) is 6.62. The predicted molar refractivity (Wildman–Crippen MR) is 88.0 cm³/mol. The summed E-state index contributed by atoms with van der Waals surface area (Å²) in [5.41, 5.74) is 8.16. The minimum absolute atomic E-state index is 0.150. The van der Waals surface area contributed by atoms with E-state index in [1.807, 2.05) is 43.5 Å². The molecule has 21 heavy (non-hydrogen) atoms. The number of hydrogen-bond acceptors (Lipinski definition) is 3. The number of nitrogens with zero attached hydrogens (tertiary/aromatic N) is 2. The lowest BCUT2D eigenvalue weighted by molar-refractivity contribution is 0.259. The highest BCUT2D eigenvalue weighted by molar-refractivity contribution is 7.99. The van der Waals surface area contributed by atoms with Gasteiger partial charge < -0.3 is 5.73 Å². The molecule has 0 fully saturated rings. The lowest BCUT2D eigenvalue weighted by atomic mass is 10.1. The summed E-state index contributed by atoms with van der Waals surface area (Å²) in [5.74, 6) is 0.574. The third-order valence-corrected chi connectivity index (χ3v) is 4.56. The summed E-state index contributed by atoms with van der Waals surface area (Å²) in [7, 11) is 0. The van der Waals surface area contributed by atoms with Crippen LogP contribution in [0.15, 0.2) is 30.3 Å². The first-order chi connectivity index (χ1) is 9.83. The molecule has 1 heterocycles. The minimum Gasteiger partial charge on any atom is -0.351 e. The molecule has 0 radical (unpaired) electrons. The Morgan fingerprint density at radius 1 is 1.38 bits per heavy atom. The van der Waals surface area contributed by atoms with E-state index in [4.69, 9.17) is 5.73 Å². The zero-order valence-electron chi connectivity index (χ0n) is 12.7. The SMILES string of the molecule is CSC(C)(C)c1cc(NC(N)=O)n(-c2cccc(C)c2)n1. The summed E-state index contributed by atoms with van der Waals surface area (Å²) in [6.07, 6.45) is 2.03. The molecule has 1 aromatic heterocycles. The summed E-state index contributed by atoms with van der Waals surface area (Å²) >= 11 is 1.70. The van der Waals surface area contributed by atoms with Crippen molar-refractivity contribution in [1.82, 2.24) is 9.78 Å². The summed E-state index contributed by atoms with van der Waals surface area (Å²) in [5, 5.41) is 7.28. The second-order valence-corrected chi connectivity index (χ2v) is 6.80. The van der Waals surface area contributed by atoms with E-state index in [1.54, 1.807) is 16.4 Å². The van der Waals surface area contributed by atoms with E-state index < -0.39 is 6.03 Å². The molecule has 2 amide bonds. The Balaban J connectivity index is 2.55. The Kier molecular flexibility index (Phi) is 4.27. The number of amides is 2. The van der Waals surface area contributed by atoms with E-state index in [9.17, 15) is 4.79 Å². The van der Waals surface area contributed by atoms with Gasteiger partial charge in [0.25, 0.3) is 0 Å². The highest BCUT2D eigenvalue weighted by Gasteiger charge is 2.24. The largest absolute Gasteiger partial charge is 0.351 e. The van der Waals surface area contributed by atoms with Gasteiger partial charge in [-0.2, -0.15) is 16.9 Å². The molecule has 0 bridgehead atoms. The van der Waals surface area contributed by atoms with E-state index in [2.05, 4.69) is 24.3 Å². The fourth-order valence-electron chi connectivity index (χ4n) is 1.95. The Labute approximate surface area is 128 Å². The maximum atomic E-state index is 11.2. The molecule has 0 aliphatic rings. The minimum atomic E-state index is -0.600. The van der Waals surface area contributed by atoms with E-state index in [-0.39, 0.29) is 4.75 Å². The van der Waals surface area contributed by atoms with Crippen molar-refractivity contribution >= 4 is 23.6 Å². The van der Waals surface area contributed by atoms with Crippen LogP contribution < -0.4 is 11.1 Å². The highest BCUT2D eigenvalue weighted by Crippen LogP contribution is 2.34. The van der Waals surface area contributed by atoms with Crippen LogP contribution in [0.1, 0.15) is 25.1 Å². The van der Waals surface area contributed by atoms with Crippen molar-refractivity contribution < 1.29 is 4.79 Å². The van der Waals surface area contributed by atoms with Crippen LogP contribution in [0.25, 0.3) is 5.69 Å². The number of anilines is 1. The highest BCUT2D eigenvalue weighted by atomic mass is 32.2. The molecular formula is C15H20N4OS. The van der Waals surface area contributed by atoms with Crippen LogP contribution in [0.4, 0.5) is 10.6 Å². The average Bonchev–Trinajstić information content (AvgIpc) is 2.82. The Hall–Kier alpha value is -1.95. The van der Waals surface area contributed by atoms with Crippen LogP contribution >= 0.6 is 11.8 Å². The summed E-state index contributed by atoms with van der Waals surface area (Å²) < 4.78 is 1.56. The number of aromatic nitrogens is 2. The van der Waals surface area contributed by atoms with Gasteiger partial charge in [-0.1, -0.05) is 12.1 Å². The Morgan fingerprint density at radius 3 is 2.67 bits per heavy atom. The van der Waals surface area contributed by atoms with Crippen LogP contribution in [0.5, 0.6) is 0 Å². The van der Waals surface area contributed by atoms with Gasteiger partial charge in [0.05, 0.1) is 16.1 Å². The van der Waals surface area contributed by atoms with Crippen molar-refractivity contribution in [2.24, 2.45) is 5.73 Å². The monoisotopic (exact) mass is 304 g/mol. The third kappa shape index (κ3) is 3.39. The van der Waals surface area contributed by atoms with E-state index in [0.29, 0.717) is 5.82 Å². The normalized spacial score (nSPS) is 11.4. The van der Waals surface area contributed by atoms with Gasteiger partial charge in [-0.3, -0.25) is 5.32 Å². The topological polar surface area (TPSA) is 72.9 Å². The number of urea groups is 1. The smallest absolute Gasteiger partial charge is 0.317 e. The Bertz CT molecular complexity index is 663. The molecular weight excluding hydrogens is 284 g/mol. The van der Waals surface area contributed by atoms with Crippen LogP contribution in [-0.4, -0.2) is 22.1 Å². The number of thioether (sulfide) groups is 1. The molecule has 0 spiro atoms. The summed E-state index contributed by atoms with van der Waals surface area (Å²) in [6.45, 7) is 6.20. The maximum absolute atomic E-state index is 11.2. The van der Waals surface area contributed by atoms with Crippen molar-refractivity contribution in [2.75, 3.05) is 11.6 Å². The van der Waals surface area contributed by atoms with Crippen LogP contribution in [-0.2, 0) is 4.75 Å². The second kappa shape index (κ2) is 5.81. The fourth-order valence-corrected chi connectivity index (χ4v) is 2.26. The van der Waals surface area contributed by atoms with E-state index in [0.717, 1.165) is 16.9 Å². The van der Waals surface area contributed by atoms with E-state index >= 15 is 0 Å². The molecule has 1 aromatic carbocycles. The number of nitrogens with one attached hydrogen (secondary N) is 1. The Morgan fingerprint density at radius 2 is 2.10 bits per heavy atom. The first-order valence-corrected chi connectivity index (χ1v) is 7.85. The number of rotatable bonds is 4. The quantitative estimate of drug-likeness (QED) is 0.910. The van der Waals surface area contributed by atoms with Crippen molar-refractivity contribution in [3.05, 3.63) is 41.6 Å². The van der Waals surface area contributed by atoms with Crippen molar-refractivity contribution in [1.29, 1.82) is 0 Å². The molecule has 2 rings (SSSR count). The molecule has 0 aliphatic heterocycles. The van der Waals surface area contributed by atoms with Gasteiger partial charge in [-0.15, -0.1) is 0 Å². The molecule has 0 atom stereocenters. The van der Waals surface area contributed by atoms with Gasteiger partial charge in [0.2, 0.25) is 0 Å². The molecule has 112 valence electrons. The number of primary amides is 1.